The maximum atomic E-state index is 13.6. The van der Waals surface area contributed by atoms with E-state index in [1.54, 1.807) is 6.92 Å². The number of aliphatic carboxylic acids is 1. The molecule has 0 saturated heterocycles. The zero-order valence-electron chi connectivity index (χ0n) is 10.3. The van der Waals surface area contributed by atoms with E-state index in [0.717, 1.165) is 6.07 Å². The SMILES string of the molecule is CCCC(O)(C(=O)O)C(C)c1cccc(F)c1F. The minimum Gasteiger partial charge on any atom is -0.479 e. The van der Waals surface area contributed by atoms with Gasteiger partial charge in [0.05, 0.1) is 0 Å². The summed E-state index contributed by atoms with van der Waals surface area (Å²) in [5.74, 6) is -4.63. The first-order valence-corrected chi connectivity index (χ1v) is 5.74. The van der Waals surface area contributed by atoms with E-state index < -0.39 is 29.1 Å². The van der Waals surface area contributed by atoms with Crippen molar-refractivity contribution in [3.63, 3.8) is 0 Å². The first-order chi connectivity index (χ1) is 8.34. The Bertz CT molecular complexity index is 448. The van der Waals surface area contributed by atoms with Crippen LogP contribution in [0.25, 0.3) is 0 Å². The van der Waals surface area contributed by atoms with Crippen LogP contribution in [0, 0.1) is 11.6 Å². The molecule has 0 bridgehead atoms. The van der Waals surface area contributed by atoms with Crippen LogP contribution in [0.15, 0.2) is 18.2 Å². The average Bonchev–Trinajstić information content (AvgIpc) is 2.31. The second-order valence-electron chi connectivity index (χ2n) is 4.34. The van der Waals surface area contributed by atoms with Gasteiger partial charge in [-0.05, 0) is 18.1 Å². The third kappa shape index (κ3) is 2.51. The number of rotatable bonds is 5. The number of carbonyl (C=O) groups is 1. The predicted molar refractivity (Wildman–Crippen MR) is 62.3 cm³/mol. The van der Waals surface area contributed by atoms with Gasteiger partial charge in [0.2, 0.25) is 0 Å². The lowest BCUT2D eigenvalue weighted by atomic mass is 9.80. The molecule has 5 heteroatoms. The number of carboxylic acid groups (broad SMARTS) is 1. The maximum absolute atomic E-state index is 13.6. The predicted octanol–water partition coefficient (Wildman–Crippen LogP) is 2.68. The lowest BCUT2D eigenvalue weighted by Crippen LogP contribution is -2.43. The Morgan fingerprint density at radius 3 is 2.56 bits per heavy atom. The van der Waals surface area contributed by atoms with Gasteiger partial charge < -0.3 is 10.2 Å². The molecule has 0 fully saturated rings. The van der Waals surface area contributed by atoms with Gasteiger partial charge in [0, 0.05) is 5.92 Å². The van der Waals surface area contributed by atoms with Gasteiger partial charge in [0.1, 0.15) is 0 Å². The van der Waals surface area contributed by atoms with Gasteiger partial charge in [-0.25, -0.2) is 13.6 Å². The van der Waals surface area contributed by atoms with Gasteiger partial charge in [-0.2, -0.15) is 0 Å². The molecular weight excluding hydrogens is 242 g/mol. The van der Waals surface area contributed by atoms with E-state index in [0.29, 0.717) is 6.42 Å². The molecule has 18 heavy (non-hydrogen) atoms. The second kappa shape index (κ2) is 5.44. The summed E-state index contributed by atoms with van der Waals surface area (Å²) >= 11 is 0. The van der Waals surface area contributed by atoms with Crippen molar-refractivity contribution < 1.29 is 23.8 Å². The van der Waals surface area contributed by atoms with Crippen molar-refractivity contribution in [1.82, 2.24) is 0 Å². The Balaban J connectivity index is 3.22. The number of hydrogen-bond donors (Lipinski definition) is 2. The Morgan fingerprint density at radius 1 is 1.44 bits per heavy atom. The fourth-order valence-corrected chi connectivity index (χ4v) is 2.00. The minimum absolute atomic E-state index is 0.0283. The van der Waals surface area contributed by atoms with Gasteiger partial charge in [0.25, 0.3) is 0 Å². The van der Waals surface area contributed by atoms with Crippen LogP contribution in [0.2, 0.25) is 0 Å². The second-order valence-corrected chi connectivity index (χ2v) is 4.34. The van der Waals surface area contributed by atoms with Crippen LogP contribution in [0.5, 0.6) is 0 Å². The lowest BCUT2D eigenvalue weighted by molar-refractivity contribution is -0.161. The van der Waals surface area contributed by atoms with Crippen molar-refractivity contribution >= 4 is 5.97 Å². The Labute approximate surface area is 104 Å². The first kappa shape index (κ1) is 14.6. The van der Waals surface area contributed by atoms with E-state index in [1.807, 2.05) is 0 Å². The molecule has 1 aromatic carbocycles. The Kier molecular flexibility index (Phi) is 4.40. The first-order valence-electron chi connectivity index (χ1n) is 5.74. The molecule has 0 radical (unpaired) electrons. The summed E-state index contributed by atoms with van der Waals surface area (Å²) in [6, 6.07) is 3.52. The number of aliphatic hydroxyl groups is 1. The molecule has 2 atom stereocenters. The molecule has 100 valence electrons. The number of carboxylic acids is 1. The summed E-state index contributed by atoms with van der Waals surface area (Å²) in [6.07, 6.45) is 0.392. The quantitative estimate of drug-likeness (QED) is 0.853. The minimum atomic E-state index is -2.09. The zero-order valence-corrected chi connectivity index (χ0v) is 10.3. The molecule has 0 amide bonds. The third-order valence-electron chi connectivity index (χ3n) is 3.17. The largest absolute Gasteiger partial charge is 0.479 e. The molecule has 1 rings (SSSR count). The van der Waals surface area contributed by atoms with E-state index in [-0.39, 0.29) is 12.0 Å². The van der Waals surface area contributed by atoms with Crippen molar-refractivity contribution in [3.8, 4) is 0 Å². The molecule has 0 heterocycles. The van der Waals surface area contributed by atoms with Crippen molar-refractivity contribution in [1.29, 1.82) is 0 Å². The highest BCUT2D eigenvalue weighted by molar-refractivity contribution is 5.78. The summed E-state index contributed by atoms with van der Waals surface area (Å²) in [4.78, 5) is 11.2. The molecular formula is C13H16F2O3. The molecule has 0 aliphatic rings. The van der Waals surface area contributed by atoms with Crippen molar-refractivity contribution in [3.05, 3.63) is 35.4 Å². The molecule has 2 N–H and O–H groups in total. The van der Waals surface area contributed by atoms with Crippen LogP contribution in [-0.2, 0) is 4.79 Å². The Hall–Kier alpha value is -1.49. The number of halogens is 2. The van der Waals surface area contributed by atoms with Crippen molar-refractivity contribution in [2.45, 2.75) is 38.2 Å². The van der Waals surface area contributed by atoms with E-state index in [1.165, 1.54) is 19.1 Å². The Morgan fingerprint density at radius 2 is 2.06 bits per heavy atom. The van der Waals surface area contributed by atoms with Gasteiger partial charge in [-0.15, -0.1) is 0 Å². The molecule has 0 saturated carbocycles. The molecule has 2 unspecified atom stereocenters. The van der Waals surface area contributed by atoms with Crippen molar-refractivity contribution in [2.75, 3.05) is 0 Å². The van der Waals surface area contributed by atoms with Gasteiger partial charge in [-0.3, -0.25) is 0 Å². The third-order valence-corrected chi connectivity index (χ3v) is 3.17. The van der Waals surface area contributed by atoms with Crippen LogP contribution in [0.1, 0.15) is 38.2 Å². The molecule has 3 nitrogen and oxygen atoms in total. The van der Waals surface area contributed by atoms with Gasteiger partial charge in [0.15, 0.2) is 17.2 Å². The van der Waals surface area contributed by atoms with E-state index in [9.17, 15) is 18.7 Å². The summed E-state index contributed by atoms with van der Waals surface area (Å²) in [7, 11) is 0. The van der Waals surface area contributed by atoms with Crippen LogP contribution in [0.4, 0.5) is 8.78 Å². The summed E-state index contributed by atoms with van der Waals surface area (Å²) in [6.45, 7) is 3.09. The normalized spacial score (nSPS) is 16.1. The summed E-state index contributed by atoms with van der Waals surface area (Å²) in [5, 5.41) is 19.2. The van der Waals surface area contributed by atoms with Gasteiger partial charge in [-0.1, -0.05) is 32.4 Å². The standard InChI is InChI=1S/C13H16F2O3/c1-3-7-13(18,12(16)17)8(2)9-5-4-6-10(14)11(9)15/h4-6,8,18H,3,7H2,1-2H3,(H,16,17). The highest BCUT2D eigenvalue weighted by atomic mass is 19.2. The molecule has 0 spiro atoms. The highest BCUT2D eigenvalue weighted by Crippen LogP contribution is 2.34. The van der Waals surface area contributed by atoms with E-state index >= 15 is 0 Å². The van der Waals surface area contributed by atoms with Crippen LogP contribution in [0.3, 0.4) is 0 Å². The average molecular weight is 258 g/mol. The van der Waals surface area contributed by atoms with Crippen LogP contribution < -0.4 is 0 Å². The van der Waals surface area contributed by atoms with E-state index in [4.69, 9.17) is 5.11 Å². The van der Waals surface area contributed by atoms with E-state index in [2.05, 4.69) is 0 Å². The fourth-order valence-electron chi connectivity index (χ4n) is 2.00. The molecule has 0 aromatic heterocycles. The maximum Gasteiger partial charge on any atom is 0.336 e. The topological polar surface area (TPSA) is 57.5 Å². The smallest absolute Gasteiger partial charge is 0.336 e. The highest BCUT2D eigenvalue weighted by Gasteiger charge is 2.42. The van der Waals surface area contributed by atoms with Crippen LogP contribution >= 0.6 is 0 Å². The zero-order chi connectivity index (χ0) is 13.9. The number of benzene rings is 1. The summed E-state index contributed by atoms with van der Waals surface area (Å²) < 4.78 is 26.7. The molecule has 0 aliphatic heterocycles. The summed E-state index contributed by atoms with van der Waals surface area (Å²) in [5.41, 5.74) is -2.23. The fraction of sp³-hybridized carbons (Fsp3) is 0.462. The lowest BCUT2D eigenvalue weighted by Gasteiger charge is -2.30. The van der Waals surface area contributed by atoms with Crippen LogP contribution in [-0.4, -0.2) is 21.8 Å². The molecule has 0 aliphatic carbocycles. The monoisotopic (exact) mass is 258 g/mol. The van der Waals surface area contributed by atoms with Gasteiger partial charge >= 0.3 is 5.97 Å². The molecule has 1 aromatic rings. The number of hydrogen-bond acceptors (Lipinski definition) is 2. The van der Waals surface area contributed by atoms with Crippen molar-refractivity contribution in [2.24, 2.45) is 0 Å².